The molecule has 0 spiro atoms. The van der Waals surface area contributed by atoms with Gasteiger partial charge in [0, 0.05) is 6.07 Å². The quantitative estimate of drug-likeness (QED) is 0.436. The molecule has 0 aliphatic rings. The third kappa shape index (κ3) is 4.60. The number of benzene rings is 2. The Morgan fingerprint density at radius 3 is 2.52 bits per heavy atom. The molecule has 0 radical (unpaired) electrons. The first-order chi connectivity index (χ1) is 13.1. The predicted octanol–water partition coefficient (Wildman–Crippen LogP) is 6.37. The highest BCUT2D eigenvalue weighted by Crippen LogP contribution is 2.29. The van der Waals surface area contributed by atoms with Gasteiger partial charge in [-0.2, -0.15) is 0 Å². The Kier molecular flexibility index (Phi) is 6.33. The maximum absolute atomic E-state index is 13.1. The lowest BCUT2D eigenvalue weighted by molar-refractivity contribution is 0.240. The topological polar surface area (TPSA) is 39.4 Å². The smallest absolute Gasteiger partial charge is 0.200 e. The van der Waals surface area contributed by atoms with Crippen LogP contribution in [-0.2, 0) is 6.42 Å². The van der Waals surface area contributed by atoms with Crippen LogP contribution >= 0.6 is 0 Å². The Morgan fingerprint density at radius 1 is 1.04 bits per heavy atom. The molecular formula is C24H28O3. The summed E-state index contributed by atoms with van der Waals surface area (Å²) in [4.78, 5) is 13.1. The van der Waals surface area contributed by atoms with Crippen molar-refractivity contribution in [2.24, 2.45) is 0 Å². The van der Waals surface area contributed by atoms with E-state index in [0.717, 1.165) is 29.7 Å². The molecule has 0 atom stereocenters. The van der Waals surface area contributed by atoms with Crippen molar-refractivity contribution in [1.29, 1.82) is 0 Å². The second-order valence-corrected chi connectivity index (χ2v) is 7.28. The van der Waals surface area contributed by atoms with Gasteiger partial charge in [0.2, 0.25) is 5.43 Å². The van der Waals surface area contributed by atoms with E-state index in [1.165, 1.54) is 19.3 Å². The van der Waals surface area contributed by atoms with Gasteiger partial charge >= 0.3 is 0 Å². The Bertz CT molecular complexity index is 939. The van der Waals surface area contributed by atoms with Gasteiger partial charge in [-0.25, -0.2) is 0 Å². The standard InChI is InChI=1S/C24H28O3/c1-4-5-6-8-13-19-14-20-23(15-22(19)27-17(2)3)26-16-21(24(20)25)18-11-9-7-10-12-18/h7,9-12,14-17H,4-6,8,13H2,1-3H3. The highest BCUT2D eigenvalue weighted by atomic mass is 16.5. The molecule has 3 aromatic rings. The molecule has 2 aromatic carbocycles. The van der Waals surface area contributed by atoms with Crippen molar-refractivity contribution >= 4 is 11.0 Å². The average Bonchev–Trinajstić information content (AvgIpc) is 2.66. The van der Waals surface area contributed by atoms with Gasteiger partial charge in [0.05, 0.1) is 17.1 Å². The Morgan fingerprint density at radius 2 is 1.81 bits per heavy atom. The van der Waals surface area contributed by atoms with Crippen LogP contribution in [0.2, 0.25) is 0 Å². The second-order valence-electron chi connectivity index (χ2n) is 7.28. The second kappa shape index (κ2) is 8.90. The monoisotopic (exact) mass is 364 g/mol. The summed E-state index contributed by atoms with van der Waals surface area (Å²) in [5.74, 6) is 0.824. The largest absolute Gasteiger partial charge is 0.491 e. The minimum absolute atomic E-state index is 0.00774. The van der Waals surface area contributed by atoms with Gasteiger partial charge in [-0.3, -0.25) is 4.79 Å². The maximum Gasteiger partial charge on any atom is 0.200 e. The van der Waals surface area contributed by atoms with Crippen molar-refractivity contribution in [1.82, 2.24) is 0 Å². The summed E-state index contributed by atoms with van der Waals surface area (Å²) in [7, 11) is 0. The SMILES string of the molecule is CCCCCCc1cc2c(=O)c(-c3ccccc3)coc2cc1OC(C)C. The van der Waals surface area contributed by atoms with Crippen LogP contribution in [0.3, 0.4) is 0 Å². The van der Waals surface area contributed by atoms with E-state index in [1.807, 2.05) is 56.3 Å². The van der Waals surface area contributed by atoms with E-state index < -0.39 is 0 Å². The molecule has 3 rings (SSSR count). The highest BCUT2D eigenvalue weighted by Gasteiger charge is 2.14. The van der Waals surface area contributed by atoms with Gasteiger partial charge in [-0.05, 0) is 43.9 Å². The van der Waals surface area contributed by atoms with Gasteiger partial charge < -0.3 is 9.15 Å². The van der Waals surface area contributed by atoms with Crippen molar-refractivity contribution in [2.45, 2.75) is 59.0 Å². The van der Waals surface area contributed by atoms with Crippen LogP contribution in [0, 0.1) is 0 Å². The van der Waals surface area contributed by atoms with Crippen molar-refractivity contribution in [3.63, 3.8) is 0 Å². The number of unbranched alkanes of at least 4 members (excludes halogenated alkanes) is 3. The Balaban J connectivity index is 2.04. The summed E-state index contributed by atoms with van der Waals surface area (Å²) in [5, 5.41) is 0.623. The zero-order valence-corrected chi connectivity index (χ0v) is 16.5. The normalized spacial score (nSPS) is 11.3. The van der Waals surface area contributed by atoms with E-state index in [0.29, 0.717) is 16.5 Å². The molecule has 0 amide bonds. The van der Waals surface area contributed by atoms with E-state index in [2.05, 4.69) is 6.92 Å². The summed E-state index contributed by atoms with van der Waals surface area (Å²) in [6.45, 7) is 6.24. The Labute approximate surface area is 161 Å². The number of hydrogen-bond acceptors (Lipinski definition) is 3. The van der Waals surface area contributed by atoms with Gasteiger partial charge in [-0.1, -0.05) is 56.5 Å². The molecule has 1 aromatic heterocycles. The first-order valence-corrected chi connectivity index (χ1v) is 9.90. The lowest BCUT2D eigenvalue weighted by Crippen LogP contribution is -2.10. The fraction of sp³-hybridized carbons (Fsp3) is 0.375. The summed E-state index contributed by atoms with van der Waals surface area (Å²) >= 11 is 0. The number of ether oxygens (including phenoxy) is 1. The molecule has 0 N–H and O–H groups in total. The van der Waals surface area contributed by atoms with Crippen molar-refractivity contribution in [3.8, 4) is 16.9 Å². The third-order valence-electron chi connectivity index (χ3n) is 4.70. The molecule has 27 heavy (non-hydrogen) atoms. The fourth-order valence-electron chi connectivity index (χ4n) is 3.32. The first kappa shape index (κ1) is 19.2. The van der Waals surface area contributed by atoms with Gasteiger partial charge in [0.1, 0.15) is 17.6 Å². The summed E-state index contributed by atoms with van der Waals surface area (Å²) in [6, 6.07) is 13.5. The van der Waals surface area contributed by atoms with Crippen LogP contribution in [0.1, 0.15) is 52.0 Å². The van der Waals surface area contributed by atoms with Crippen LogP contribution < -0.4 is 10.2 Å². The average molecular weight is 364 g/mol. The molecule has 0 saturated heterocycles. The minimum atomic E-state index is 0.00774. The van der Waals surface area contributed by atoms with E-state index in [-0.39, 0.29) is 11.5 Å². The molecule has 1 heterocycles. The van der Waals surface area contributed by atoms with Gasteiger partial charge in [0.15, 0.2) is 0 Å². The van der Waals surface area contributed by atoms with E-state index in [9.17, 15) is 4.79 Å². The Hall–Kier alpha value is -2.55. The fourth-order valence-corrected chi connectivity index (χ4v) is 3.32. The van der Waals surface area contributed by atoms with Crippen LogP contribution in [0.5, 0.6) is 5.75 Å². The number of fused-ring (bicyclic) bond motifs is 1. The molecule has 142 valence electrons. The minimum Gasteiger partial charge on any atom is -0.491 e. The first-order valence-electron chi connectivity index (χ1n) is 9.90. The van der Waals surface area contributed by atoms with Crippen LogP contribution in [-0.4, -0.2) is 6.10 Å². The van der Waals surface area contributed by atoms with Crippen LogP contribution in [0.25, 0.3) is 22.1 Å². The molecular weight excluding hydrogens is 336 g/mol. The van der Waals surface area contributed by atoms with Crippen LogP contribution in [0.15, 0.2) is 57.9 Å². The molecule has 0 fully saturated rings. The van der Waals surface area contributed by atoms with Crippen molar-refractivity contribution in [2.75, 3.05) is 0 Å². The zero-order valence-electron chi connectivity index (χ0n) is 16.5. The third-order valence-corrected chi connectivity index (χ3v) is 4.70. The zero-order chi connectivity index (χ0) is 19.2. The van der Waals surface area contributed by atoms with Gasteiger partial charge in [-0.15, -0.1) is 0 Å². The lowest BCUT2D eigenvalue weighted by atomic mass is 10.0. The lowest BCUT2D eigenvalue weighted by Gasteiger charge is -2.15. The summed E-state index contributed by atoms with van der Waals surface area (Å²) in [5.41, 5.74) is 3.14. The van der Waals surface area contributed by atoms with Crippen LogP contribution in [0.4, 0.5) is 0 Å². The molecule has 0 saturated carbocycles. The van der Waals surface area contributed by atoms with E-state index in [4.69, 9.17) is 9.15 Å². The highest BCUT2D eigenvalue weighted by molar-refractivity contribution is 5.83. The predicted molar refractivity (Wildman–Crippen MR) is 112 cm³/mol. The van der Waals surface area contributed by atoms with E-state index >= 15 is 0 Å². The van der Waals surface area contributed by atoms with Crippen molar-refractivity contribution < 1.29 is 9.15 Å². The van der Waals surface area contributed by atoms with Gasteiger partial charge in [0.25, 0.3) is 0 Å². The van der Waals surface area contributed by atoms with E-state index in [1.54, 1.807) is 6.26 Å². The summed E-state index contributed by atoms with van der Waals surface area (Å²) < 4.78 is 11.8. The molecule has 3 heteroatoms. The number of rotatable bonds is 8. The molecule has 0 aliphatic carbocycles. The number of aryl methyl sites for hydroxylation is 1. The summed E-state index contributed by atoms with van der Waals surface area (Å²) in [6.07, 6.45) is 7.26. The maximum atomic E-state index is 13.1. The van der Waals surface area contributed by atoms with Crippen molar-refractivity contribution in [3.05, 3.63) is 64.5 Å². The molecule has 0 bridgehead atoms. The molecule has 3 nitrogen and oxygen atoms in total. The number of hydrogen-bond donors (Lipinski definition) is 0. The molecule has 0 unspecified atom stereocenters. The molecule has 0 aliphatic heterocycles.